The fraction of sp³-hybridized carbons (Fsp3) is 0.667. The van der Waals surface area contributed by atoms with Crippen molar-refractivity contribution < 1.29 is 83.1 Å². The molecule has 26 heavy (non-hydrogen) atoms. The second-order valence-electron chi connectivity index (χ2n) is 7.96. The largest absolute Gasteiger partial charge is 1.00 e. The van der Waals surface area contributed by atoms with E-state index in [0.29, 0.717) is 29.9 Å². The van der Waals surface area contributed by atoms with Gasteiger partial charge >= 0.3 is 59.1 Å². The van der Waals surface area contributed by atoms with E-state index in [0.717, 1.165) is 32.1 Å². The van der Waals surface area contributed by atoms with Crippen LogP contribution in [-0.4, -0.2) is 11.2 Å². The maximum Gasteiger partial charge on any atom is 1.00 e. The first-order valence-corrected chi connectivity index (χ1v) is 10.3. The summed E-state index contributed by atoms with van der Waals surface area (Å²) >= 11 is 0. The number of hydrogen-bond acceptors (Lipinski definition) is 5. The van der Waals surface area contributed by atoms with Gasteiger partial charge in [-0.15, -0.1) is 0 Å². The third-order valence-corrected chi connectivity index (χ3v) is 7.39. The quantitative estimate of drug-likeness (QED) is 0.413. The van der Waals surface area contributed by atoms with Crippen LogP contribution in [0.25, 0.3) is 0 Å². The molecule has 2 saturated carbocycles. The number of fused-ring (bicyclic) bond motifs is 5. The minimum atomic E-state index is -4.94. The van der Waals surface area contributed by atoms with Gasteiger partial charge in [0.05, 0.1) is 13.9 Å². The second kappa shape index (κ2) is 8.47. The van der Waals surface area contributed by atoms with Gasteiger partial charge in [0.25, 0.3) is 0 Å². The molecule has 1 N–H and O–H groups in total. The minimum Gasteiger partial charge on any atom is -0.790 e. The number of benzene rings is 1. The van der Waals surface area contributed by atoms with E-state index in [1.165, 1.54) is 11.1 Å². The smallest absolute Gasteiger partial charge is 0.790 e. The Kier molecular flexibility index (Phi) is 7.63. The molecular formula is C18H23Na2O5P. The van der Waals surface area contributed by atoms with Crippen LogP contribution in [0.2, 0.25) is 0 Å². The fourth-order valence-corrected chi connectivity index (χ4v) is 6.51. The van der Waals surface area contributed by atoms with Gasteiger partial charge < -0.3 is 24.0 Å². The van der Waals surface area contributed by atoms with E-state index >= 15 is 0 Å². The molecule has 2 fully saturated rings. The van der Waals surface area contributed by atoms with Crippen LogP contribution in [0.4, 0.5) is 0 Å². The molecule has 3 aliphatic rings. The molecule has 2 unspecified atom stereocenters. The van der Waals surface area contributed by atoms with E-state index in [2.05, 4.69) is 13.0 Å². The molecule has 0 spiro atoms. The van der Waals surface area contributed by atoms with Crippen molar-refractivity contribution in [3.05, 3.63) is 29.3 Å². The van der Waals surface area contributed by atoms with Gasteiger partial charge in [0.1, 0.15) is 5.75 Å². The van der Waals surface area contributed by atoms with Crippen molar-refractivity contribution in [3.63, 3.8) is 0 Å². The predicted octanol–water partition coefficient (Wildman–Crippen LogP) is -3.53. The van der Waals surface area contributed by atoms with Crippen LogP contribution in [0.15, 0.2) is 18.2 Å². The van der Waals surface area contributed by atoms with Crippen LogP contribution in [0.1, 0.15) is 56.1 Å². The molecule has 132 valence electrons. The van der Waals surface area contributed by atoms with Gasteiger partial charge in [-0.2, -0.15) is 0 Å². The maximum atomic E-state index is 11.1. The zero-order chi connectivity index (χ0) is 17.1. The molecule has 1 aromatic carbocycles. The van der Waals surface area contributed by atoms with E-state index in [-0.39, 0.29) is 64.5 Å². The van der Waals surface area contributed by atoms with E-state index in [4.69, 9.17) is 4.52 Å². The molecule has 5 atom stereocenters. The first-order chi connectivity index (χ1) is 11.3. The topological polar surface area (TPSA) is 92.7 Å². The van der Waals surface area contributed by atoms with Gasteiger partial charge in [-0.05, 0) is 85.0 Å². The standard InChI is InChI=1S/C18H25O5P.2Na/c1-18-9-8-14-13-5-3-12(19)10-11(13)2-4-15(14)16(18)6-7-17(18)23-24(20,21)22;;/h3,5,10,14-17,19H,2,4,6-9H2,1H3,(H2,20,21,22);;/q;2*+1/p-2/t14?,15-,16?,17+,18+;;/m1../s1. The summed E-state index contributed by atoms with van der Waals surface area (Å²) in [5.74, 6) is 1.70. The minimum absolute atomic E-state index is 0. The molecule has 0 saturated heterocycles. The van der Waals surface area contributed by atoms with E-state index < -0.39 is 13.9 Å². The molecule has 1 aromatic rings. The molecule has 0 radical (unpaired) electrons. The maximum absolute atomic E-state index is 11.1. The molecule has 0 amide bonds. The summed E-state index contributed by atoms with van der Waals surface area (Å²) in [5, 5.41) is 9.72. The second-order valence-corrected chi connectivity index (χ2v) is 9.07. The van der Waals surface area contributed by atoms with Gasteiger partial charge in [-0.1, -0.05) is 13.0 Å². The normalized spacial score (nSPS) is 35.3. The van der Waals surface area contributed by atoms with Crippen molar-refractivity contribution in [2.45, 2.75) is 57.5 Å². The SMILES string of the molecule is C[C@]12CCC3c4ccc(O)cc4CC[C@H]3C1CC[C@@H]2OP(=O)([O-])[O-].[Na+].[Na+]. The Balaban J connectivity index is 0.00000121. The van der Waals surface area contributed by atoms with Crippen LogP contribution in [0.3, 0.4) is 0 Å². The van der Waals surface area contributed by atoms with Crippen LogP contribution in [0, 0.1) is 17.3 Å². The Morgan fingerprint density at radius 1 is 1.19 bits per heavy atom. The molecule has 5 nitrogen and oxygen atoms in total. The van der Waals surface area contributed by atoms with E-state index in [9.17, 15) is 19.5 Å². The number of rotatable bonds is 2. The summed E-state index contributed by atoms with van der Waals surface area (Å²) in [7, 11) is -4.94. The van der Waals surface area contributed by atoms with Gasteiger partial charge in [0, 0.05) is 0 Å². The average Bonchev–Trinajstić information content (AvgIpc) is 2.82. The van der Waals surface area contributed by atoms with Crippen molar-refractivity contribution in [1.82, 2.24) is 0 Å². The zero-order valence-electron chi connectivity index (χ0n) is 15.8. The first-order valence-electron chi connectivity index (χ1n) is 8.80. The Bertz CT molecular complexity index is 709. The monoisotopic (exact) mass is 396 g/mol. The predicted molar refractivity (Wildman–Crippen MR) is 85.2 cm³/mol. The summed E-state index contributed by atoms with van der Waals surface area (Å²) in [6.45, 7) is 2.10. The van der Waals surface area contributed by atoms with Crippen LogP contribution in [0.5, 0.6) is 5.75 Å². The van der Waals surface area contributed by atoms with Gasteiger partial charge in [0.15, 0.2) is 0 Å². The van der Waals surface area contributed by atoms with Gasteiger partial charge in [-0.25, -0.2) is 0 Å². The first kappa shape index (κ1) is 23.4. The molecule has 3 aliphatic carbocycles. The molecule has 0 bridgehead atoms. The summed E-state index contributed by atoms with van der Waals surface area (Å²) in [5.41, 5.74) is 2.36. The molecular weight excluding hydrogens is 373 g/mol. The van der Waals surface area contributed by atoms with Crippen molar-refractivity contribution in [1.29, 1.82) is 0 Å². The number of phenolic OH excluding ortho intramolecular Hbond substituents is 1. The summed E-state index contributed by atoms with van der Waals surface area (Å²) < 4.78 is 16.1. The van der Waals surface area contributed by atoms with Gasteiger partial charge in [0.2, 0.25) is 0 Å². The van der Waals surface area contributed by atoms with Crippen molar-refractivity contribution in [2.75, 3.05) is 0 Å². The summed E-state index contributed by atoms with van der Waals surface area (Å²) in [4.78, 5) is 22.2. The number of hydrogen-bond donors (Lipinski definition) is 1. The summed E-state index contributed by atoms with van der Waals surface area (Å²) in [6.07, 6.45) is 4.98. The molecule has 0 heterocycles. The summed E-state index contributed by atoms with van der Waals surface area (Å²) in [6, 6.07) is 5.70. The molecule has 4 rings (SSSR count). The fourth-order valence-electron chi connectivity index (χ4n) is 5.85. The van der Waals surface area contributed by atoms with Crippen molar-refractivity contribution in [3.8, 4) is 5.75 Å². The Morgan fingerprint density at radius 3 is 2.62 bits per heavy atom. The Morgan fingerprint density at radius 2 is 1.92 bits per heavy atom. The Hall–Kier alpha value is 1.13. The number of aryl methyl sites for hydroxylation is 1. The van der Waals surface area contributed by atoms with Crippen LogP contribution < -0.4 is 68.9 Å². The molecule has 0 aromatic heterocycles. The van der Waals surface area contributed by atoms with Crippen LogP contribution in [-0.2, 0) is 15.5 Å². The number of phosphoric ester groups is 1. The average molecular weight is 396 g/mol. The Labute approximate surface area is 199 Å². The van der Waals surface area contributed by atoms with Gasteiger partial charge in [-0.3, -0.25) is 0 Å². The molecule has 8 heteroatoms. The zero-order valence-corrected chi connectivity index (χ0v) is 20.7. The van der Waals surface area contributed by atoms with Crippen molar-refractivity contribution in [2.24, 2.45) is 17.3 Å². The van der Waals surface area contributed by atoms with Crippen molar-refractivity contribution >= 4 is 7.82 Å². The third kappa shape index (κ3) is 4.18. The van der Waals surface area contributed by atoms with E-state index in [1.807, 2.05) is 6.07 Å². The number of aromatic hydroxyl groups is 1. The third-order valence-electron chi connectivity index (χ3n) is 6.88. The molecule has 0 aliphatic heterocycles. The number of phosphoric acid groups is 1. The number of phenols is 1. The van der Waals surface area contributed by atoms with Crippen LogP contribution >= 0.6 is 7.82 Å². The van der Waals surface area contributed by atoms with E-state index in [1.54, 1.807) is 6.07 Å².